The summed E-state index contributed by atoms with van der Waals surface area (Å²) in [4.78, 5) is 1.85. The number of nitrogens with zero attached hydrogens (tertiary/aromatic N) is 1. The maximum Gasteiger partial charge on any atom is 0.124 e. The first-order valence-corrected chi connectivity index (χ1v) is 5.43. The number of aliphatic hydroxyl groups excluding tert-OH is 2. The smallest absolute Gasteiger partial charge is 0.124 e. The Morgan fingerprint density at radius 1 is 1.19 bits per heavy atom. The molecule has 2 N–H and O–H groups in total. The lowest BCUT2D eigenvalue weighted by Gasteiger charge is -2.20. The van der Waals surface area contributed by atoms with Crippen molar-refractivity contribution in [1.82, 2.24) is 4.90 Å². The van der Waals surface area contributed by atoms with E-state index in [1.54, 1.807) is 6.07 Å². The van der Waals surface area contributed by atoms with E-state index >= 15 is 0 Å². The van der Waals surface area contributed by atoms with Gasteiger partial charge >= 0.3 is 0 Å². The summed E-state index contributed by atoms with van der Waals surface area (Å²) < 4.78 is 12.8. The molecule has 0 atom stereocenters. The minimum atomic E-state index is -0.371. The van der Waals surface area contributed by atoms with Crippen LogP contribution in [0.15, 0.2) is 18.2 Å². The van der Waals surface area contributed by atoms with Gasteiger partial charge in [0.15, 0.2) is 0 Å². The van der Waals surface area contributed by atoms with Crippen molar-refractivity contribution in [2.75, 3.05) is 26.3 Å². The van der Waals surface area contributed by atoms with Gasteiger partial charge in [-0.05, 0) is 17.7 Å². The largest absolute Gasteiger partial charge is 0.395 e. The van der Waals surface area contributed by atoms with Gasteiger partial charge in [0.25, 0.3) is 0 Å². The molecule has 1 aromatic rings. The first-order chi connectivity index (χ1) is 7.67. The number of hydrogen-bond acceptors (Lipinski definition) is 3. The summed E-state index contributed by atoms with van der Waals surface area (Å²) in [5.41, 5.74) is 0.782. The van der Waals surface area contributed by atoms with Crippen LogP contribution in [0, 0.1) is 5.82 Å². The van der Waals surface area contributed by atoms with E-state index in [0.29, 0.717) is 24.7 Å². The summed E-state index contributed by atoms with van der Waals surface area (Å²) in [6.45, 7) is 1.42. The van der Waals surface area contributed by atoms with Gasteiger partial charge in [0.1, 0.15) is 5.82 Å². The number of hydrogen-bond donors (Lipinski definition) is 2. The average Bonchev–Trinajstić information content (AvgIpc) is 2.23. The molecule has 0 aliphatic rings. The SMILES string of the molecule is OCCN(CCO)Cc1ccc(F)cc1Cl. The molecule has 0 aliphatic heterocycles. The highest BCUT2D eigenvalue weighted by Crippen LogP contribution is 2.18. The van der Waals surface area contributed by atoms with Gasteiger partial charge in [0, 0.05) is 24.7 Å². The molecule has 0 unspecified atom stereocenters. The molecule has 16 heavy (non-hydrogen) atoms. The zero-order valence-electron chi connectivity index (χ0n) is 8.87. The molecule has 5 heteroatoms. The van der Waals surface area contributed by atoms with E-state index in [4.69, 9.17) is 21.8 Å². The lowest BCUT2D eigenvalue weighted by atomic mass is 10.2. The number of aliphatic hydroxyl groups is 2. The Hall–Kier alpha value is -0.680. The maximum absolute atomic E-state index is 12.8. The van der Waals surface area contributed by atoms with Gasteiger partial charge in [-0.15, -0.1) is 0 Å². The van der Waals surface area contributed by atoms with Gasteiger partial charge in [-0.2, -0.15) is 0 Å². The van der Waals surface area contributed by atoms with Crippen molar-refractivity contribution in [2.45, 2.75) is 6.54 Å². The van der Waals surface area contributed by atoms with Crippen molar-refractivity contribution in [3.05, 3.63) is 34.6 Å². The Balaban J connectivity index is 2.68. The third kappa shape index (κ3) is 4.06. The van der Waals surface area contributed by atoms with Gasteiger partial charge in [0.2, 0.25) is 0 Å². The zero-order valence-corrected chi connectivity index (χ0v) is 9.62. The van der Waals surface area contributed by atoms with Crippen LogP contribution in [-0.4, -0.2) is 41.4 Å². The van der Waals surface area contributed by atoms with Crippen molar-refractivity contribution in [2.24, 2.45) is 0 Å². The Morgan fingerprint density at radius 2 is 1.81 bits per heavy atom. The Bertz CT molecular complexity index is 330. The molecule has 0 saturated carbocycles. The third-order valence-electron chi connectivity index (χ3n) is 2.24. The Kier molecular flexibility index (Phi) is 5.69. The van der Waals surface area contributed by atoms with Crippen molar-refractivity contribution in [1.29, 1.82) is 0 Å². The molecular weight excluding hydrogens is 233 g/mol. The van der Waals surface area contributed by atoms with Gasteiger partial charge in [-0.25, -0.2) is 4.39 Å². The molecule has 0 heterocycles. The number of rotatable bonds is 6. The van der Waals surface area contributed by atoms with E-state index in [0.717, 1.165) is 5.56 Å². The molecule has 0 saturated heterocycles. The van der Waals surface area contributed by atoms with E-state index in [1.165, 1.54) is 12.1 Å². The number of benzene rings is 1. The maximum atomic E-state index is 12.8. The van der Waals surface area contributed by atoms with Crippen LogP contribution in [0.4, 0.5) is 4.39 Å². The fourth-order valence-corrected chi connectivity index (χ4v) is 1.67. The molecule has 0 radical (unpaired) electrons. The molecule has 0 aromatic heterocycles. The quantitative estimate of drug-likeness (QED) is 0.796. The van der Waals surface area contributed by atoms with Crippen LogP contribution >= 0.6 is 11.6 Å². The Morgan fingerprint density at radius 3 is 2.31 bits per heavy atom. The fraction of sp³-hybridized carbons (Fsp3) is 0.455. The van der Waals surface area contributed by atoms with Crippen LogP contribution in [-0.2, 0) is 6.54 Å². The van der Waals surface area contributed by atoms with Gasteiger partial charge in [-0.3, -0.25) is 4.90 Å². The second-order valence-corrected chi connectivity index (χ2v) is 3.87. The fourth-order valence-electron chi connectivity index (χ4n) is 1.44. The molecule has 0 bridgehead atoms. The first-order valence-electron chi connectivity index (χ1n) is 5.05. The molecule has 0 fully saturated rings. The van der Waals surface area contributed by atoms with Crippen LogP contribution < -0.4 is 0 Å². The van der Waals surface area contributed by atoms with Crippen molar-refractivity contribution in [3.8, 4) is 0 Å². The van der Waals surface area contributed by atoms with E-state index in [-0.39, 0.29) is 19.0 Å². The monoisotopic (exact) mass is 247 g/mol. The minimum absolute atomic E-state index is 0.0127. The highest BCUT2D eigenvalue weighted by Gasteiger charge is 2.08. The van der Waals surface area contributed by atoms with Crippen LogP contribution in [0.2, 0.25) is 5.02 Å². The second-order valence-electron chi connectivity index (χ2n) is 3.46. The zero-order chi connectivity index (χ0) is 12.0. The van der Waals surface area contributed by atoms with Crippen LogP contribution in [0.1, 0.15) is 5.56 Å². The Labute approximate surface area is 99.1 Å². The van der Waals surface area contributed by atoms with Crippen molar-refractivity contribution >= 4 is 11.6 Å². The minimum Gasteiger partial charge on any atom is -0.395 e. The predicted octanol–water partition coefficient (Wildman–Crippen LogP) is 1.27. The number of halogens is 2. The topological polar surface area (TPSA) is 43.7 Å². The molecule has 0 spiro atoms. The summed E-state index contributed by atoms with van der Waals surface area (Å²) in [6, 6.07) is 4.21. The lowest BCUT2D eigenvalue weighted by Crippen LogP contribution is -2.29. The molecule has 0 aliphatic carbocycles. The molecule has 0 amide bonds. The van der Waals surface area contributed by atoms with Crippen LogP contribution in [0.3, 0.4) is 0 Å². The van der Waals surface area contributed by atoms with E-state index in [1.807, 2.05) is 4.90 Å². The van der Waals surface area contributed by atoms with Gasteiger partial charge < -0.3 is 10.2 Å². The van der Waals surface area contributed by atoms with E-state index in [9.17, 15) is 4.39 Å². The van der Waals surface area contributed by atoms with Gasteiger partial charge in [-0.1, -0.05) is 17.7 Å². The summed E-state index contributed by atoms with van der Waals surface area (Å²) in [5, 5.41) is 18.0. The molecular formula is C11H15ClFNO2. The molecule has 1 rings (SSSR count). The van der Waals surface area contributed by atoms with Gasteiger partial charge in [0.05, 0.1) is 13.2 Å². The third-order valence-corrected chi connectivity index (χ3v) is 2.59. The summed E-state index contributed by atoms with van der Waals surface area (Å²) >= 11 is 5.88. The van der Waals surface area contributed by atoms with Crippen LogP contribution in [0.5, 0.6) is 0 Å². The average molecular weight is 248 g/mol. The van der Waals surface area contributed by atoms with Crippen molar-refractivity contribution < 1.29 is 14.6 Å². The molecule has 90 valence electrons. The van der Waals surface area contributed by atoms with E-state index in [2.05, 4.69) is 0 Å². The lowest BCUT2D eigenvalue weighted by molar-refractivity contribution is 0.156. The summed E-state index contributed by atoms with van der Waals surface area (Å²) in [6.07, 6.45) is 0. The second kappa shape index (κ2) is 6.81. The highest BCUT2D eigenvalue weighted by atomic mass is 35.5. The molecule has 3 nitrogen and oxygen atoms in total. The van der Waals surface area contributed by atoms with Crippen molar-refractivity contribution in [3.63, 3.8) is 0 Å². The van der Waals surface area contributed by atoms with E-state index < -0.39 is 0 Å². The summed E-state index contributed by atoms with van der Waals surface area (Å²) in [5.74, 6) is -0.371. The predicted molar refractivity (Wildman–Crippen MR) is 60.9 cm³/mol. The normalized spacial score (nSPS) is 11.1. The highest BCUT2D eigenvalue weighted by molar-refractivity contribution is 6.31. The standard InChI is InChI=1S/C11H15ClFNO2/c12-11-7-10(13)2-1-9(11)8-14(3-5-15)4-6-16/h1-2,7,15-16H,3-6,8H2. The summed E-state index contributed by atoms with van der Waals surface area (Å²) in [7, 11) is 0. The van der Waals surface area contributed by atoms with Crippen LogP contribution in [0.25, 0.3) is 0 Å². The molecule has 1 aromatic carbocycles. The first kappa shape index (κ1) is 13.4.